The first-order chi connectivity index (χ1) is 14.9. The van der Waals surface area contributed by atoms with Crippen molar-refractivity contribution < 1.29 is 9.90 Å². The van der Waals surface area contributed by atoms with E-state index in [0.717, 1.165) is 70.5 Å². The number of piperazine rings is 1. The molecule has 1 fully saturated rings. The molecule has 1 aliphatic heterocycles. The third-order valence-electron chi connectivity index (χ3n) is 5.73. The summed E-state index contributed by atoms with van der Waals surface area (Å²) < 4.78 is 1.13. The fraction of sp³-hybridized carbons (Fsp3) is 0.417. The molecule has 0 aliphatic carbocycles. The molecule has 164 valence electrons. The highest BCUT2D eigenvalue weighted by atomic mass is 35.5. The largest absolute Gasteiger partial charge is 0.481 e. The van der Waals surface area contributed by atoms with Crippen LogP contribution in [0.15, 0.2) is 36.4 Å². The number of thiazole rings is 1. The summed E-state index contributed by atoms with van der Waals surface area (Å²) in [5.74, 6) is -0.787. The number of nitrogens with zero attached hydrogens (tertiary/aromatic N) is 3. The molecule has 31 heavy (non-hydrogen) atoms. The molecule has 0 spiro atoms. The molecule has 0 saturated carbocycles. The quantitative estimate of drug-likeness (QED) is 0.516. The maximum atomic E-state index is 11.1. The molecule has 1 aliphatic rings. The smallest absolute Gasteiger partial charge is 0.307 e. The first kappa shape index (κ1) is 22.1. The Morgan fingerprint density at radius 2 is 2.03 bits per heavy atom. The molecule has 5 nitrogen and oxygen atoms in total. The van der Waals surface area contributed by atoms with Crippen molar-refractivity contribution in [2.45, 2.75) is 45.7 Å². The summed E-state index contributed by atoms with van der Waals surface area (Å²) in [6.07, 6.45) is 2.31. The number of aromatic nitrogens is 1. The van der Waals surface area contributed by atoms with E-state index in [4.69, 9.17) is 21.7 Å². The first-order valence-electron chi connectivity index (χ1n) is 10.8. The molecule has 1 aromatic heterocycles. The second-order valence-electron chi connectivity index (χ2n) is 8.38. The number of aliphatic carboxylic acids is 1. The minimum absolute atomic E-state index is 0.0720. The van der Waals surface area contributed by atoms with Crippen LogP contribution in [0.4, 0.5) is 5.13 Å². The van der Waals surface area contributed by atoms with Crippen LogP contribution in [0.2, 0.25) is 5.02 Å². The average molecular weight is 458 g/mol. The molecule has 0 amide bonds. The van der Waals surface area contributed by atoms with Gasteiger partial charge in [-0.25, -0.2) is 4.98 Å². The molecule has 2 heterocycles. The standard InChI is InChI=1S/C24H28ClN3O2S/c1-3-4-20-15-27(14-18-10-16(2)9-17(11-18)12-23(29)30)7-8-28(20)24-26-21-6-5-19(25)13-22(21)31-24/h5-6,9-11,13,20H,3-4,7-8,12,14-15H2,1-2H3,(H,29,30)/t20-/m1/s1. The van der Waals surface area contributed by atoms with E-state index in [9.17, 15) is 4.79 Å². The Balaban J connectivity index is 1.50. The molecule has 4 rings (SSSR count). The Kier molecular flexibility index (Phi) is 6.80. The van der Waals surface area contributed by atoms with Gasteiger partial charge in [0.1, 0.15) is 0 Å². The average Bonchev–Trinajstić information content (AvgIpc) is 3.10. The SMILES string of the molecule is CCC[C@@H]1CN(Cc2cc(C)cc(CC(=O)O)c2)CCN1c1nc2ccc(Cl)cc2s1. The van der Waals surface area contributed by atoms with Crippen molar-refractivity contribution in [1.29, 1.82) is 0 Å². The number of carboxylic acid groups (broad SMARTS) is 1. The van der Waals surface area contributed by atoms with E-state index in [1.807, 2.05) is 37.3 Å². The number of carboxylic acids is 1. The van der Waals surface area contributed by atoms with E-state index < -0.39 is 5.97 Å². The third-order valence-corrected chi connectivity index (χ3v) is 7.02. The normalized spacial score (nSPS) is 17.4. The third kappa shape index (κ3) is 5.37. The second-order valence-corrected chi connectivity index (χ2v) is 9.82. The van der Waals surface area contributed by atoms with Gasteiger partial charge in [0.25, 0.3) is 0 Å². The minimum atomic E-state index is -0.787. The number of anilines is 1. The Hall–Kier alpha value is -2.15. The van der Waals surface area contributed by atoms with Crippen LogP contribution < -0.4 is 4.90 Å². The van der Waals surface area contributed by atoms with E-state index in [0.29, 0.717) is 6.04 Å². The summed E-state index contributed by atoms with van der Waals surface area (Å²) in [7, 11) is 0. The number of hydrogen-bond acceptors (Lipinski definition) is 5. The maximum absolute atomic E-state index is 11.1. The molecular formula is C24H28ClN3O2S. The number of aryl methyl sites for hydroxylation is 1. The lowest BCUT2D eigenvalue weighted by atomic mass is 10.0. The van der Waals surface area contributed by atoms with E-state index >= 15 is 0 Å². The fourth-order valence-corrected chi connectivity index (χ4v) is 5.82. The van der Waals surface area contributed by atoms with Crippen LogP contribution in [0.5, 0.6) is 0 Å². The Morgan fingerprint density at radius 3 is 2.81 bits per heavy atom. The number of rotatable bonds is 7. The van der Waals surface area contributed by atoms with E-state index in [1.165, 1.54) is 5.56 Å². The van der Waals surface area contributed by atoms with E-state index in [-0.39, 0.29) is 6.42 Å². The number of benzene rings is 2. The number of fused-ring (bicyclic) bond motifs is 1. The van der Waals surface area contributed by atoms with Gasteiger partial charge in [0.05, 0.1) is 16.6 Å². The fourth-order valence-electron chi connectivity index (χ4n) is 4.48. The number of hydrogen-bond donors (Lipinski definition) is 1. The Bertz CT molecular complexity index is 1080. The van der Waals surface area contributed by atoms with E-state index in [2.05, 4.69) is 22.8 Å². The molecule has 1 atom stereocenters. The zero-order chi connectivity index (χ0) is 22.0. The summed E-state index contributed by atoms with van der Waals surface area (Å²) in [6, 6.07) is 12.5. The van der Waals surface area contributed by atoms with Crippen LogP contribution in [0.1, 0.15) is 36.5 Å². The summed E-state index contributed by atoms with van der Waals surface area (Å²) in [5.41, 5.74) is 4.19. The zero-order valence-corrected chi connectivity index (χ0v) is 19.5. The lowest BCUT2D eigenvalue weighted by Gasteiger charge is -2.41. The molecule has 0 bridgehead atoms. The van der Waals surface area contributed by atoms with Crippen LogP contribution in [-0.4, -0.2) is 46.6 Å². The number of carbonyl (C=O) groups is 1. The van der Waals surface area contributed by atoms with Gasteiger partial charge < -0.3 is 10.0 Å². The first-order valence-corrected chi connectivity index (χ1v) is 12.0. The lowest BCUT2D eigenvalue weighted by Crippen LogP contribution is -2.52. The van der Waals surface area contributed by atoms with Gasteiger partial charge >= 0.3 is 5.97 Å². The molecule has 7 heteroatoms. The van der Waals surface area contributed by atoms with Gasteiger partial charge in [-0.05, 0) is 42.7 Å². The van der Waals surface area contributed by atoms with Crippen molar-refractivity contribution in [3.63, 3.8) is 0 Å². The summed E-state index contributed by atoms with van der Waals surface area (Å²) in [5, 5.41) is 11.0. The highest BCUT2D eigenvalue weighted by Gasteiger charge is 2.28. The van der Waals surface area contributed by atoms with Gasteiger partial charge in [0, 0.05) is 37.2 Å². The van der Waals surface area contributed by atoms with Crippen LogP contribution in [-0.2, 0) is 17.8 Å². The molecule has 1 saturated heterocycles. The molecule has 2 aromatic carbocycles. The monoisotopic (exact) mass is 457 g/mol. The van der Waals surface area contributed by atoms with Crippen molar-refractivity contribution in [2.75, 3.05) is 24.5 Å². The second kappa shape index (κ2) is 9.55. The summed E-state index contributed by atoms with van der Waals surface area (Å²) >= 11 is 7.88. The minimum Gasteiger partial charge on any atom is -0.481 e. The zero-order valence-electron chi connectivity index (χ0n) is 18.0. The van der Waals surface area contributed by atoms with Crippen molar-refractivity contribution >= 4 is 44.3 Å². The number of halogens is 1. The van der Waals surface area contributed by atoms with Crippen molar-refractivity contribution in [3.05, 3.63) is 58.1 Å². The highest BCUT2D eigenvalue weighted by Crippen LogP contribution is 2.33. The summed E-state index contributed by atoms with van der Waals surface area (Å²) in [6.45, 7) is 7.98. The predicted molar refractivity (Wildman–Crippen MR) is 128 cm³/mol. The Morgan fingerprint density at radius 1 is 1.23 bits per heavy atom. The molecule has 3 aromatic rings. The van der Waals surface area contributed by atoms with Crippen LogP contribution in [0.25, 0.3) is 10.2 Å². The van der Waals surface area contributed by atoms with Crippen molar-refractivity contribution in [2.24, 2.45) is 0 Å². The molecule has 1 N–H and O–H groups in total. The highest BCUT2D eigenvalue weighted by molar-refractivity contribution is 7.22. The van der Waals surface area contributed by atoms with Crippen LogP contribution in [0.3, 0.4) is 0 Å². The van der Waals surface area contributed by atoms with Gasteiger partial charge in [-0.15, -0.1) is 0 Å². The van der Waals surface area contributed by atoms with Gasteiger partial charge in [-0.1, -0.05) is 60.0 Å². The topological polar surface area (TPSA) is 56.7 Å². The van der Waals surface area contributed by atoms with Crippen LogP contribution >= 0.6 is 22.9 Å². The van der Waals surface area contributed by atoms with E-state index in [1.54, 1.807) is 11.3 Å². The van der Waals surface area contributed by atoms with Gasteiger partial charge in [0.15, 0.2) is 5.13 Å². The molecule has 0 radical (unpaired) electrons. The lowest BCUT2D eigenvalue weighted by molar-refractivity contribution is -0.136. The predicted octanol–water partition coefficient (Wildman–Crippen LogP) is 5.38. The van der Waals surface area contributed by atoms with Crippen molar-refractivity contribution in [1.82, 2.24) is 9.88 Å². The van der Waals surface area contributed by atoms with Gasteiger partial charge in [0.2, 0.25) is 0 Å². The van der Waals surface area contributed by atoms with Gasteiger partial charge in [-0.2, -0.15) is 0 Å². The molecule has 0 unspecified atom stereocenters. The maximum Gasteiger partial charge on any atom is 0.307 e. The molecular weight excluding hydrogens is 430 g/mol. The Labute approximate surface area is 192 Å². The van der Waals surface area contributed by atoms with Crippen LogP contribution in [0, 0.1) is 6.92 Å². The van der Waals surface area contributed by atoms with Gasteiger partial charge in [-0.3, -0.25) is 9.69 Å². The summed E-state index contributed by atoms with van der Waals surface area (Å²) in [4.78, 5) is 21.0. The van der Waals surface area contributed by atoms with Crippen molar-refractivity contribution in [3.8, 4) is 0 Å².